The van der Waals surface area contributed by atoms with Gasteiger partial charge in [0.1, 0.15) is 0 Å². The molecule has 0 unspecified atom stereocenters. The minimum Gasteiger partial charge on any atom is -0.400 e. The maximum Gasteiger partial charge on any atom is 0.487 e. The number of hydrogen-bond acceptors (Lipinski definition) is 3. The van der Waals surface area contributed by atoms with Crippen LogP contribution in [0.2, 0.25) is 0 Å². The molecule has 1 aliphatic rings. The molecule has 0 aliphatic carbocycles. The first kappa shape index (κ1) is 14.8. The zero-order chi connectivity index (χ0) is 15.3. The molecule has 3 rings (SSSR count). The molecule has 1 saturated heterocycles. The number of allylic oxidation sites excluding steroid dienone is 1. The first-order valence-electron chi connectivity index (χ1n) is 7.31. The van der Waals surface area contributed by atoms with Crippen molar-refractivity contribution in [1.82, 2.24) is 0 Å². The Balaban J connectivity index is 1.87. The van der Waals surface area contributed by atoms with E-state index in [9.17, 15) is 0 Å². The first-order valence-corrected chi connectivity index (χ1v) is 8.13. The summed E-state index contributed by atoms with van der Waals surface area (Å²) in [5.41, 5.74) is 0.637. The molecule has 2 nitrogen and oxygen atoms in total. The van der Waals surface area contributed by atoms with Crippen molar-refractivity contribution >= 4 is 34.1 Å². The summed E-state index contributed by atoms with van der Waals surface area (Å²) in [6.45, 7) is 10.4. The van der Waals surface area contributed by atoms with Crippen molar-refractivity contribution in [3.05, 3.63) is 41.2 Å². The van der Waals surface area contributed by atoms with Crippen LogP contribution in [0.1, 0.15) is 39.5 Å². The molecule has 4 heteroatoms. The fourth-order valence-electron chi connectivity index (χ4n) is 2.42. The molecule has 1 aliphatic heterocycles. The summed E-state index contributed by atoms with van der Waals surface area (Å²) in [7, 11) is -0.278. The van der Waals surface area contributed by atoms with Crippen LogP contribution in [0.15, 0.2) is 36.3 Å². The van der Waals surface area contributed by atoms with Crippen molar-refractivity contribution in [3.8, 4) is 0 Å². The van der Waals surface area contributed by atoms with Crippen molar-refractivity contribution in [3.63, 3.8) is 0 Å². The fourth-order valence-corrected chi connectivity index (χ4v) is 3.46. The van der Waals surface area contributed by atoms with Crippen molar-refractivity contribution < 1.29 is 9.31 Å². The van der Waals surface area contributed by atoms with E-state index in [4.69, 9.17) is 9.31 Å². The third kappa shape index (κ3) is 2.68. The van der Waals surface area contributed by atoms with Crippen LogP contribution in [0.3, 0.4) is 0 Å². The number of fused-ring (bicyclic) bond motifs is 1. The van der Waals surface area contributed by atoms with Gasteiger partial charge in [-0.2, -0.15) is 0 Å². The third-order valence-electron chi connectivity index (χ3n) is 4.47. The molecule has 0 radical (unpaired) electrons. The van der Waals surface area contributed by atoms with E-state index in [0.29, 0.717) is 0 Å². The average Bonchev–Trinajstić information content (AvgIpc) is 2.88. The number of benzene rings is 1. The Bertz CT molecular complexity index is 651. The Hall–Kier alpha value is -1.10. The molecule has 0 spiro atoms. The van der Waals surface area contributed by atoms with E-state index in [1.807, 2.05) is 11.3 Å². The Morgan fingerprint density at radius 1 is 1.10 bits per heavy atom. The molecule has 0 bridgehead atoms. The summed E-state index contributed by atoms with van der Waals surface area (Å²) in [4.78, 5) is 1.27. The minimum atomic E-state index is -0.283. The normalized spacial score (nSPS) is 21.2. The summed E-state index contributed by atoms with van der Waals surface area (Å²) in [6.07, 6.45) is 0. The monoisotopic (exact) mass is 300 g/mol. The van der Waals surface area contributed by atoms with Crippen molar-refractivity contribution in [2.45, 2.75) is 45.8 Å². The molecule has 110 valence electrons. The van der Waals surface area contributed by atoms with Crippen molar-refractivity contribution in [1.29, 1.82) is 0 Å². The second kappa shape index (κ2) is 4.97. The Morgan fingerprint density at radius 3 is 2.33 bits per heavy atom. The largest absolute Gasteiger partial charge is 0.487 e. The van der Waals surface area contributed by atoms with Crippen LogP contribution in [-0.4, -0.2) is 18.3 Å². The Labute approximate surface area is 130 Å². The fraction of sp³-hybridized carbons (Fsp3) is 0.412. The van der Waals surface area contributed by atoms with Crippen LogP contribution in [-0.2, 0) is 9.31 Å². The lowest BCUT2D eigenvalue weighted by Crippen LogP contribution is -2.41. The van der Waals surface area contributed by atoms with E-state index in [1.165, 1.54) is 20.5 Å². The van der Waals surface area contributed by atoms with Gasteiger partial charge >= 0.3 is 7.12 Å². The lowest BCUT2D eigenvalue weighted by molar-refractivity contribution is 0.00578. The lowest BCUT2D eigenvalue weighted by atomic mass is 9.87. The maximum absolute atomic E-state index is 6.04. The van der Waals surface area contributed by atoms with E-state index in [0.717, 1.165) is 0 Å². The van der Waals surface area contributed by atoms with Crippen LogP contribution < -0.4 is 0 Å². The molecular formula is C17H21BO2S. The van der Waals surface area contributed by atoms with Crippen LogP contribution in [0, 0.1) is 0 Å². The Morgan fingerprint density at radius 2 is 1.71 bits per heavy atom. The van der Waals surface area contributed by atoms with Crippen LogP contribution in [0.4, 0.5) is 0 Å². The molecule has 2 aromatic rings. The van der Waals surface area contributed by atoms with Crippen molar-refractivity contribution in [2.24, 2.45) is 0 Å². The van der Waals surface area contributed by atoms with Gasteiger partial charge in [0.05, 0.1) is 11.2 Å². The van der Waals surface area contributed by atoms with E-state index >= 15 is 0 Å². The van der Waals surface area contributed by atoms with Gasteiger partial charge in [-0.25, -0.2) is 0 Å². The maximum atomic E-state index is 6.04. The molecule has 0 amide bonds. The van der Waals surface area contributed by atoms with Gasteiger partial charge in [-0.15, -0.1) is 11.3 Å². The van der Waals surface area contributed by atoms with Gasteiger partial charge in [0.15, 0.2) is 0 Å². The summed E-state index contributed by atoms with van der Waals surface area (Å²) < 4.78 is 13.4. The molecular weight excluding hydrogens is 279 g/mol. The van der Waals surface area contributed by atoms with Gasteiger partial charge < -0.3 is 9.31 Å². The van der Waals surface area contributed by atoms with Gasteiger partial charge in [0, 0.05) is 9.58 Å². The first-order chi connectivity index (χ1) is 9.78. The smallest absolute Gasteiger partial charge is 0.400 e. The summed E-state index contributed by atoms with van der Waals surface area (Å²) in [5.74, 6) is 2.08. The second-order valence-electron chi connectivity index (χ2n) is 6.62. The van der Waals surface area contributed by atoms with E-state index < -0.39 is 0 Å². The summed E-state index contributed by atoms with van der Waals surface area (Å²) in [5, 5.41) is 1.29. The van der Waals surface area contributed by atoms with E-state index in [1.54, 1.807) is 0 Å². The van der Waals surface area contributed by atoms with E-state index in [-0.39, 0.29) is 18.3 Å². The second-order valence-corrected chi connectivity index (χ2v) is 7.71. The third-order valence-corrected chi connectivity index (χ3v) is 5.72. The summed E-state index contributed by atoms with van der Waals surface area (Å²) >= 11 is 1.81. The highest BCUT2D eigenvalue weighted by Crippen LogP contribution is 2.38. The van der Waals surface area contributed by atoms with Gasteiger partial charge in [-0.3, -0.25) is 0 Å². The molecule has 2 heterocycles. The van der Waals surface area contributed by atoms with Crippen LogP contribution in [0.25, 0.3) is 15.7 Å². The van der Waals surface area contributed by atoms with E-state index in [2.05, 4.69) is 70.9 Å². The highest BCUT2D eigenvalue weighted by Gasteiger charge is 2.50. The quantitative estimate of drug-likeness (QED) is 0.732. The molecule has 1 aromatic heterocycles. The zero-order valence-corrected chi connectivity index (χ0v) is 14.1. The molecule has 21 heavy (non-hydrogen) atoms. The van der Waals surface area contributed by atoms with Gasteiger partial charge in [0.2, 0.25) is 0 Å². The predicted octanol–water partition coefficient (Wildman–Crippen LogP) is 4.94. The van der Waals surface area contributed by atoms with Crippen molar-refractivity contribution in [2.75, 3.05) is 0 Å². The highest BCUT2D eigenvalue weighted by atomic mass is 32.1. The SMILES string of the molecule is C/C(=C/B1OC(C)(C)C(C)(C)O1)c1cc2ccccc2s1. The molecule has 0 N–H and O–H groups in total. The molecule has 0 atom stereocenters. The standard InChI is InChI=1S/C17H21BO2S/c1-12(11-18-19-16(2,3)17(4,5)20-18)15-10-13-8-6-7-9-14(13)21-15/h6-11H,1-5H3/b12-11-. The Kier molecular flexibility index (Phi) is 3.51. The van der Waals surface area contributed by atoms with Crippen LogP contribution >= 0.6 is 11.3 Å². The van der Waals surface area contributed by atoms with Gasteiger partial charge in [0.25, 0.3) is 0 Å². The minimum absolute atomic E-state index is 0.278. The molecule has 1 fully saturated rings. The average molecular weight is 300 g/mol. The number of thiophene rings is 1. The topological polar surface area (TPSA) is 18.5 Å². The predicted molar refractivity (Wildman–Crippen MR) is 91.6 cm³/mol. The zero-order valence-electron chi connectivity index (χ0n) is 13.3. The lowest BCUT2D eigenvalue weighted by Gasteiger charge is -2.32. The molecule has 1 aromatic carbocycles. The highest BCUT2D eigenvalue weighted by molar-refractivity contribution is 7.20. The molecule has 0 saturated carbocycles. The van der Waals surface area contributed by atoms with Crippen LogP contribution in [0.5, 0.6) is 0 Å². The van der Waals surface area contributed by atoms with Gasteiger partial charge in [-0.1, -0.05) is 18.2 Å². The number of rotatable bonds is 2. The van der Waals surface area contributed by atoms with Gasteiger partial charge in [-0.05, 0) is 63.7 Å². The number of hydrogen-bond donors (Lipinski definition) is 0. The summed E-state index contributed by atoms with van der Waals surface area (Å²) in [6, 6.07) is 10.7.